The highest BCUT2D eigenvalue weighted by molar-refractivity contribution is 5.68. The van der Waals surface area contributed by atoms with E-state index in [-0.39, 0.29) is 5.75 Å². The topological polar surface area (TPSA) is 167 Å². The minimum absolute atomic E-state index is 0.233. The number of hydrogen-bond donors (Lipinski definition) is 0. The maximum atomic E-state index is 11.8. The average molecular weight is 469 g/mol. The SMILES string of the molecule is CC(=O)OCC1O[C@@H](Oc2ccccc2[N+](=O)[O-])C(OC(C)=O)[C@H](OC(C)=O)[C@@H]1OC(C)=O. The van der Waals surface area contributed by atoms with Crippen LogP contribution in [0.4, 0.5) is 5.69 Å². The van der Waals surface area contributed by atoms with Gasteiger partial charge in [0.2, 0.25) is 12.4 Å². The summed E-state index contributed by atoms with van der Waals surface area (Å²) in [5.41, 5.74) is -0.412. The molecular formula is C20H23NO12. The van der Waals surface area contributed by atoms with Crippen molar-refractivity contribution in [3.8, 4) is 5.75 Å². The van der Waals surface area contributed by atoms with Gasteiger partial charge in [0.05, 0.1) is 4.92 Å². The van der Waals surface area contributed by atoms with Crippen molar-refractivity contribution >= 4 is 29.6 Å². The minimum Gasteiger partial charge on any atom is -0.463 e. The smallest absolute Gasteiger partial charge is 0.311 e. The van der Waals surface area contributed by atoms with Crippen molar-refractivity contribution in [2.75, 3.05) is 6.61 Å². The van der Waals surface area contributed by atoms with Gasteiger partial charge in [-0.15, -0.1) is 0 Å². The maximum Gasteiger partial charge on any atom is 0.311 e. The molecule has 180 valence electrons. The molecule has 1 aliphatic heterocycles. The van der Waals surface area contributed by atoms with E-state index in [4.69, 9.17) is 28.4 Å². The fourth-order valence-electron chi connectivity index (χ4n) is 3.12. The summed E-state index contributed by atoms with van der Waals surface area (Å²) in [6.07, 6.45) is -7.10. The van der Waals surface area contributed by atoms with Crippen molar-refractivity contribution in [3.05, 3.63) is 34.4 Å². The molecule has 2 rings (SSSR count). The first kappa shape index (κ1) is 25.5. The second kappa shape index (κ2) is 11.2. The summed E-state index contributed by atoms with van der Waals surface area (Å²) in [4.78, 5) is 57.3. The number of carbonyl (C=O) groups excluding carboxylic acids is 4. The molecule has 2 unspecified atom stereocenters. The van der Waals surface area contributed by atoms with Crippen LogP contribution in [0.25, 0.3) is 0 Å². The molecule has 1 heterocycles. The van der Waals surface area contributed by atoms with Gasteiger partial charge >= 0.3 is 29.6 Å². The predicted octanol–water partition coefficient (Wildman–Crippen LogP) is 1.06. The Balaban J connectivity index is 2.51. The first-order valence-corrected chi connectivity index (χ1v) is 9.70. The van der Waals surface area contributed by atoms with Gasteiger partial charge in [-0.3, -0.25) is 29.3 Å². The van der Waals surface area contributed by atoms with Gasteiger partial charge in [-0.25, -0.2) is 0 Å². The van der Waals surface area contributed by atoms with Crippen molar-refractivity contribution in [2.45, 2.75) is 58.4 Å². The third-order valence-electron chi connectivity index (χ3n) is 4.25. The largest absolute Gasteiger partial charge is 0.463 e. The van der Waals surface area contributed by atoms with Gasteiger partial charge in [0.15, 0.2) is 18.0 Å². The van der Waals surface area contributed by atoms with Crippen LogP contribution in [0.15, 0.2) is 24.3 Å². The Morgan fingerprint density at radius 2 is 1.42 bits per heavy atom. The van der Waals surface area contributed by atoms with Gasteiger partial charge < -0.3 is 28.4 Å². The lowest BCUT2D eigenvalue weighted by Crippen LogP contribution is -2.63. The number of nitrogens with zero attached hydrogens (tertiary/aromatic N) is 1. The van der Waals surface area contributed by atoms with Crippen LogP contribution in [0.2, 0.25) is 0 Å². The van der Waals surface area contributed by atoms with Gasteiger partial charge in [0.1, 0.15) is 12.7 Å². The van der Waals surface area contributed by atoms with E-state index < -0.39 is 71.8 Å². The molecule has 13 nitrogen and oxygen atoms in total. The van der Waals surface area contributed by atoms with E-state index >= 15 is 0 Å². The lowest BCUT2D eigenvalue weighted by atomic mass is 9.98. The van der Waals surface area contributed by atoms with E-state index in [9.17, 15) is 29.3 Å². The van der Waals surface area contributed by atoms with E-state index in [0.717, 1.165) is 27.7 Å². The van der Waals surface area contributed by atoms with Crippen LogP contribution < -0.4 is 4.74 Å². The Labute approximate surface area is 188 Å². The molecule has 1 fully saturated rings. The van der Waals surface area contributed by atoms with E-state index in [1.54, 1.807) is 0 Å². The number of ether oxygens (including phenoxy) is 6. The molecule has 0 aliphatic carbocycles. The van der Waals surface area contributed by atoms with Crippen molar-refractivity contribution in [2.24, 2.45) is 0 Å². The zero-order valence-corrected chi connectivity index (χ0v) is 18.2. The lowest BCUT2D eigenvalue weighted by molar-refractivity contribution is -0.387. The highest BCUT2D eigenvalue weighted by Gasteiger charge is 2.53. The van der Waals surface area contributed by atoms with Crippen LogP contribution in [0.1, 0.15) is 27.7 Å². The summed E-state index contributed by atoms with van der Waals surface area (Å²) in [7, 11) is 0. The van der Waals surface area contributed by atoms with Gasteiger partial charge in [-0.2, -0.15) is 0 Å². The van der Waals surface area contributed by atoms with E-state index in [1.165, 1.54) is 24.3 Å². The maximum absolute atomic E-state index is 11.8. The third-order valence-corrected chi connectivity index (χ3v) is 4.25. The highest BCUT2D eigenvalue weighted by Crippen LogP contribution is 2.34. The normalized spacial score (nSPS) is 24.2. The van der Waals surface area contributed by atoms with Crippen molar-refractivity contribution < 1.29 is 52.5 Å². The van der Waals surface area contributed by atoms with Gasteiger partial charge in [-0.1, -0.05) is 12.1 Å². The average Bonchev–Trinajstić information content (AvgIpc) is 2.70. The Kier molecular flexibility index (Phi) is 8.68. The Bertz CT molecular complexity index is 916. The summed E-state index contributed by atoms with van der Waals surface area (Å²) < 4.78 is 32.1. The number of rotatable bonds is 8. The number of carbonyl (C=O) groups is 4. The molecule has 13 heteroatoms. The first-order chi connectivity index (χ1) is 15.5. The van der Waals surface area contributed by atoms with Crippen LogP contribution in [0.3, 0.4) is 0 Å². The van der Waals surface area contributed by atoms with Gasteiger partial charge in [0, 0.05) is 33.8 Å². The third kappa shape index (κ3) is 7.14. The zero-order valence-electron chi connectivity index (χ0n) is 18.2. The minimum atomic E-state index is -1.56. The van der Waals surface area contributed by atoms with Crippen LogP contribution in [-0.2, 0) is 42.9 Å². The molecule has 1 aliphatic rings. The number of para-hydroxylation sites is 2. The van der Waals surface area contributed by atoms with Crippen LogP contribution in [-0.4, -0.2) is 66.1 Å². The number of esters is 4. The monoisotopic (exact) mass is 469 g/mol. The molecule has 33 heavy (non-hydrogen) atoms. The standard InChI is InChI=1S/C20H23NO12/c1-10(22)28-9-16-17(29-11(2)23)18(30-12(3)24)19(31-13(4)25)20(33-16)32-15-8-6-5-7-14(15)21(26)27/h5-8,16-20H,9H2,1-4H3/t16?,17-,18-,19?,20-/m1/s1. The van der Waals surface area contributed by atoms with Crippen molar-refractivity contribution in [3.63, 3.8) is 0 Å². The predicted molar refractivity (Wildman–Crippen MR) is 106 cm³/mol. The van der Waals surface area contributed by atoms with E-state index in [1.807, 2.05) is 0 Å². The fourth-order valence-corrected chi connectivity index (χ4v) is 3.12. The second-order valence-corrected chi connectivity index (χ2v) is 6.91. The summed E-state index contributed by atoms with van der Waals surface area (Å²) in [6, 6.07) is 5.35. The molecule has 0 N–H and O–H groups in total. The Hall–Kier alpha value is -3.74. The molecule has 0 spiro atoms. The highest BCUT2D eigenvalue weighted by atomic mass is 16.7. The van der Waals surface area contributed by atoms with Crippen LogP contribution in [0.5, 0.6) is 5.75 Å². The Morgan fingerprint density at radius 3 is 1.97 bits per heavy atom. The van der Waals surface area contributed by atoms with Gasteiger partial charge in [-0.05, 0) is 6.07 Å². The zero-order chi connectivity index (χ0) is 24.7. The number of nitro benzene ring substituents is 1. The first-order valence-electron chi connectivity index (χ1n) is 9.70. The van der Waals surface area contributed by atoms with Crippen LogP contribution >= 0.6 is 0 Å². The molecule has 1 aromatic carbocycles. The second-order valence-electron chi connectivity index (χ2n) is 6.91. The number of hydrogen-bond acceptors (Lipinski definition) is 12. The molecule has 0 aromatic heterocycles. The van der Waals surface area contributed by atoms with E-state index in [0.29, 0.717) is 0 Å². The quantitative estimate of drug-likeness (QED) is 0.230. The Morgan fingerprint density at radius 1 is 0.879 bits per heavy atom. The molecule has 1 aromatic rings. The molecule has 0 amide bonds. The fraction of sp³-hybridized carbons (Fsp3) is 0.500. The molecular weight excluding hydrogens is 446 g/mol. The summed E-state index contributed by atoms with van der Waals surface area (Å²) in [5, 5.41) is 11.4. The van der Waals surface area contributed by atoms with Crippen LogP contribution in [0, 0.1) is 10.1 Å². The lowest BCUT2D eigenvalue weighted by Gasteiger charge is -2.43. The molecule has 0 radical (unpaired) electrons. The summed E-state index contributed by atoms with van der Waals surface area (Å²) in [6.45, 7) is 3.91. The molecule has 5 atom stereocenters. The number of nitro groups is 1. The van der Waals surface area contributed by atoms with Crippen molar-refractivity contribution in [1.82, 2.24) is 0 Å². The van der Waals surface area contributed by atoms with Gasteiger partial charge in [0.25, 0.3) is 0 Å². The molecule has 0 bridgehead atoms. The molecule has 1 saturated heterocycles. The molecule has 0 saturated carbocycles. The van der Waals surface area contributed by atoms with E-state index in [2.05, 4.69) is 0 Å². The summed E-state index contributed by atoms with van der Waals surface area (Å²) >= 11 is 0. The number of benzene rings is 1. The summed E-state index contributed by atoms with van der Waals surface area (Å²) in [5.74, 6) is -3.33. The van der Waals surface area contributed by atoms with Crippen molar-refractivity contribution in [1.29, 1.82) is 0 Å².